The molecule has 0 aromatic heterocycles. The van der Waals surface area contributed by atoms with Gasteiger partial charge in [0.25, 0.3) is 0 Å². The molecule has 0 aromatic carbocycles. The van der Waals surface area contributed by atoms with Gasteiger partial charge in [0.1, 0.15) is 0 Å². The summed E-state index contributed by atoms with van der Waals surface area (Å²) in [6.07, 6.45) is 26.3. The molecular formula is C24H49N. The van der Waals surface area contributed by atoms with Crippen molar-refractivity contribution in [3.8, 4) is 0 Å². The molecule has 1 fully saturated rings. The second-order valence-corrected chi connectivity index (χ2v) is 8.69. The predicted octanol–water partition coefficient (Wildman–Crippen LogP) is 7.98. The largest absolute Gasteiger partial charge is 0.303 e. The fourth-order valence-corrected chi connectivity index (χ4v) is 4.39. The average Bonchev–Trinajstić information content (AvgIpc) is 3.07. The van der Waals surface area contributed by atoms with Crippen LogP contribution in [0.5, 0.6) is 0 Å². The quantitative estimate of drug-likeness (QED) is 0.226. The maximum atomic E-state index is 2.76. The lowest BCUT2D eigenvalue weighted by molar-refractivity contribution is 0.309. The summed E-state index contributed by atoms with van der Waals surface area (Å²) in [5, 5.41) is 0. The van der Waals surface area contributed by atoms with Gasteiger partial charge in [0.2, 0.25) is 0 Å². The molecule has 0 spiro atoms. The van der Waals surface area contributed by atoms with E-state index in [0.29, 0.717) is 0 Å². The van der Waals surface area contributed by atoms with Crippen LogP contribution in [0.1, 0.15) is 129 Å². The summed E-state index contributed by atoms with van der Waals surface area (Å²) in [6, 6.07) is 0. The fraction of sp³-hybridized carbons (Fsp3) is 1.00. The second kappa shape index (κ2) is 17.4. The number of likely N-dealkylation sites (tertiary alicyclic amines) is 1. The first-order chi connectivity index (χ1) is 12.4. The molecule has 1 atom stereocenters. The Hall–Kier alpha value is -0.0400. The van der Waals surface area contributed by atoms with E-state index in [1.165, 1.54) is 135 Å². The van der Waals surface area contributed by atoms with E-state index in [0.717, 1.165) is 5.92 Å². The van der Waals surface area contributed by atoms with Crippen LogP contribution in [-0.4, -0.2) is 24.5 Å². The zero-order chi connectivity index (χ0) is 18.0. The lowest BCUT2D eigenvalue weighted by Crippen LogP contribution is -2.21. The molecule has 1 nitrogen and oxygen atoms in total. The third-order valence-corrected chi connectivity index (χ3v) is 6.16. The van der Waals surface area contributed by atoms with Gasteiger partial charge in [-0.3, -0.25) is 0 Å². The first kappa shape index (κ1) is 23.0. The van der Waals surface area contributed by atoms with E-state index in [1.807, 2.05) is 0 Å². The molecule has 0 N–H and O–H groups in total. The molecule has 25 heavy (non-hydrogen) atoms. The van der Waals surface area contributed by atoms with Gasteiger partial charge >= 0.3 is 0 Å². The highest BCUT2D eigenvalue weighted by Crippen LogP contribution is 2.23. The van der Waals surface area contributed by atoms with Crippen molar-refractivity contribution in [1.82, 2.24) is 4.90 Å². The van der Waals surface area contributed by atoms with Gasteiger partial charge in [-0.05, 0) is 38.3 Å². The number of hydrogen-bond donors (Lipinski definition) is 0. The topological polar surface area (TPSA) is 3.24 Å². The molecule has 1 saturated heterocycles. The molecule has 0 saturated carbocycles. The first-order valence-electron chi connectivity index (χ1n) is 12.1. The molecule has 0 aliphatic carbocycles. The Balaban J connectivity index is 1.83. The van der Waals surface area contributed by atoms with Gasteiger partial charge in [-0.25, -0.2) is 0 Å². The van der Waals surface area contributed by atoms with Crippen LogP contribution >= 0.6 is 0 Å². The highest BCUT2D eigenvalue weighted by molar-refractivity contribution is 4.75. The molecule has 0 aromatic rings. The minimum absolute atomic E-state index is 1.02. The normalized spacial score (nSPS) is 18.2. The van der Waals surface area contributed by atoms with Crippen molar-refractivity contribution in [2.24, 2.45) is 5.92 Å². The molecule has 1 unspecified atom stereocenters. The van der Waals surface area contributed by atoms with Gasteiger partial charge in [-0.15, -0.1) is 0 Å². The Kier molecular flexibility index (Phi) is 16.0. The van der Waals surface area contributed by atoms with Gasteiger partial charge in [0.05, 0.1) is 0 Å². The summed E-state index contributed by atoms with van der Waals surface area (Å²) in [6.45, 7) is 8.78. The molecule has 0 radical (unpaired) electrons. The average molecular weight is 352 g/mol. The van der Waals surface area contributed by atoms with E-state index in [2.05, 4.69) is 18.7 Å². The maximum absolute atomic E-state index is 2.76. The van der Waals surface area contributed by atoms with Gasteiger partial charge < -0.3 is 4.90 Å². The number of nitrogens with zero attached hydrogens (tertiary/aromatic N) is 1. The third-order valence-electron chi connectivity index (χ3n) is 6.16. The Labute approximate surface area is 160 Å². The van der Waals surface area contributed by atoms with Gasteiger partial charge in [0.15, 0.2) is 0 Å². The Bertz CT molecular complexity index is 237. The molecule has 1 aliphatic heterocycles. The van der Waals surface area contributed by atoms with Crippen LogP contribution in [0.3, 0.4) is 0 Å². The van der Waals surface area contributed by atoms with Crippen molar-refractivity contribution >= 4 is 0 Å². The highest BCUT2D eigenvalue weighted by atomic mass is 15.1. The van der Waals surface area contributed by atoms with Crippen LogP contribution in [-0.2, 0) is 0 Å². The van der Waals surface area contributed by atoms with E-state index in [4.69, 9.17) is 0 Å². The van der Waals surface area contributed by atoms with Gasteiger partial charge in [-0.2, -0.15) is 0 Å². The summed E-state index contributed by atoms with van der Waals surface area (Å²) in [5.41, 5.74) is 0. The SMILES string of the molecule is CCCCCCCCCCC1CCN(CCCCCCCCCC)C1. The Morgan fingerprint density at radius 3 is 1.64 bits per heavy atom. The molecule has 1 aliphatic rings. The Morgan fingerprint density at radius 2 is 1.08 bits per heavy atom. The van der Waals surface area contributed by atoms with E-state index in [-0.39, 0.29) is 0 Å². The van der Waals surface area contributed by atoms with Crippen molar-refractivity contribution < 1.29 is 0 Å². The summed E-state index contributed by atoms with van der Waals surface area (Å²) < 4.78 is 0. The molecule has 1 heterocycles. The van der Waals surface area contributed by atoms with Crippen molar-refractivity contribution in [2.75, 3.05) is 19.6 Å². The van der Waals surface area contributed by atoms with Crippen molar-refractivity contribution in [3.63, 3.8) is 0 Å². The van der Waals surface area contributed by atoms with E-state index in [1.54, 1.807) is 0 Å². The number of unbranched alkanes of at least 4 members (excludes halogenated alkanes) is 14. The minimum atomic E-state index is 1.02. The van der Waals surface area contributed by atoms with Crippen LogP contribution in [0.15, 0.2) is 0 Å². The molecule has 1 rings (SSSR count). The molecule has 0 amide bonds. The summed E-state index contributed by atoms with van der Waals surface area (Å²) in [7, 11) is 0. The fourth-order valence-electron chi connectivity index (χ4n) is 4.39. The predicted molar refractivity (Wildman–Crippen MR) is 114 cm³/mol. The second-order valence-electron chi connectivity index (χ2n) is 8.69. The van der Waals surface area contributed by atoms with Crippen LogP contribution in [0.4, 0.5) is 0 Å². The highest BCUT2D eigenvalue weighted by Gasteiger charge is 2.21. The number of rotatable bonds is 18. The van der Waals surface area contributed by atoms with Crippen molar-refractivity contribution in [2.45, 2.75) is 129 Å². The lowest BCUT2D eigenvalue weighted by Gasteiger charge is -2.16. The van der Waals surface area contributed by atoms with Gasteiger partial charge in [0, 0.05) is 6.54 Å². The number of hydrogen-bond acceptors (Lipinski definition) is 1. The van der Waals surface area contributed by atoms with E-state index < -0.39 is 0 Å². The summed E-state index contributed by atoms with van der Waals surface area (Å²) >= 11 is 0. The Morgan fingerprint density at radius 1 is 0.600 bits per heavy atom. The van der Waals surface area contributed by atoms with Crippen LogP contribution in [0, 0.1) is 5.92 Å². The van der Waals surface area contributed by atoms with Crippen molar-refractivity contribution in [3.05, 3.63) is 0 Å². The monoisotopic (exact) mass is 351 g/mol. The van der Waals surface area contributed by atoms with Crippen LogP contribution in [0.25, 0.3) is 0 Å². The third kappa shape index (κ3) is 13.8. The van der Waals surface area contributed by atoms with Gasteiger partial charge in [-0.1, -0.05) is 110 Å². The maximum Gasteiger partial charge on any atom is 0.00101 e. The summed E-state index contributed by atoms with van der Waals surface area (Å²) in [4.78, 5) is 2.76. The standard InChI is InChI=1S/C24H49N/c1-3-5-7-9-11-13-15-17-19-24-20-22-25(23-24)21-18-16-14-12-10-8-6-4-2/h24H,3-23H2,1-2H3. The smallest absolute Gasteiger partial charge is 0.00101 e. The van der Waals surface area contributed by atoms with Crippen LogP contribution in [0.2, 0.25) is 0 Å². The molecule has 150 valence electrons. The molecule has 0 bridgehead atoms. The van der Waals surface area contributed by atoms with E-state index >= 15 is 0 Å². The zero-order valence-electron chi connectivity index (χ0n) is 17.9. The lowest BCUT2D eigenvalue weighted by atomic mass is 9.99. The minimum Gasteiger partial charge on any atom is -0.303 e. The first-order valence-corrected chi connectivity index (χ1v) is 12.1. The van der Waals surface area contributed by atoms with E-state index in [9.17, 15) is 0 Å². The van der Waals surface area contributed by atoms with Crippen molar-refractivity contribution in [1.29, 1.82) is 0 Å². The zero-order valence-corrected chi connectivity index (χ0v) is 17.9. The molecular weight excluding hydrogens is 302 g/mol. The van der Waals surface area contributed by atoms with Crippen LogP contribution < -0.4 is 0 Å². The molecule has 1 heteroatoms. The summed E-state index contributed by atoms with van der Waals surface area (Å²) in [5.74, 6) is 1.02.